The van der Waals surface area contributed by atoms with E-state index in [2.05, 4.69) is 0 Å². The predicted octanol–water partition coefficient (Wildman–Crippen LogP) is 0.121. The average Bonchev–Trinajstić information content (AvgIpc) is 2.86. The van der Waals surface area contributed by atoms with E-state index in [0.717, 1.165) is 9.80 Å². The number of hydrogen-bond donors (Lipinski definition) is 0. The van der Waals surface area contributed by atoms with E-state index in [-0.39, 0.29) is 16.9 Å². The molecule has 2 saturated heterocycles. The minimum atomic E-state index is -1.66. The van der Waals surface area contributed by atoms with Crippen molar-refractivity contribution >= 4 is 46.1 Å². The summed E-state index contributed by atoms with van der Waals surface area (Å²) in [6.45, 7) is 1.51. The van der Waals surface area contributed by atoms with Crippen molar-refractivity contribution < 1.29 is 28.1 Å². The van der Waals surface area contributed by atoms with E-state index in [1.807, 2.05) is 0 Å². The van der Waals surface area contributed by atoms with Crippen LogP contribution in [0.15, 0.2) is 24.3 Å². The zero-order valence-electron chi connectivity index (χ0n) is 14.4. The summed E-state index contributed by atoms with van der Waals surface area (Å²) in [5.74, 6) is -2.69. The molecule has 142 valence electrons. The van der Waals surface area contributed by atoms with E-state index >= 15 is 0 Å². The maximum absolute atomic E-state index is 12.9. The highest BCUT2D eigenvalue weighted by molar-refractivity contribution is 7.86. The molecule has 0 spiro atoms. The molecule has 8 nitrogen and oxygen atoms in total. The number of hydrogen-bond acceptors (Lipinski definition) is 6. The van der Waals surface area contributed by atoms with Crippen LogP contribution in [0.3, 0.4) is 0 Å². The molecular formula is C17H15ClN2O6S. The zero-order chi connectivity index (χ0) is 19.7. The fourth-order valence-electron chi connectivity index (χ4n) is 3.92. The molecule has 3 amide bonds. The highest BCUT2D eigenvalue weighted by atomic mass is 35.5. The SMILES string of the molecule is COC(=O)[C@@H]1N2C(=O)[C@@H](N3C(=O)c4ccccc4C3=O)[C@@H]2S(=O)C[C@@]1(C)Cl. The molecule has 3 aliphatic heterocycles. The van der Waals surface area contributed by atoms with Crippen LogP contribution in [-0.4, -0.2) is 72.9 Å². The highest BCUT2D eigenvalue weighted by Crippen LogP contribution is 2.43. The number of benzene rings is 1. The Kier molecular flexibility index (Phi) is 3.94. The van der Waals surface area contributed by atoms with Gasteiger partial charge in [-0.05, 0) is 19.1 Å². The lowest BCUT2D eigenvalue weighted by Gasteiger charge is -2.56. The standard InChI is InChI=1S/C17H15ClN2O6S/c1-17(18)7-27(25)15-10(14(23)20(15)11(17)16(24)26-2)19-12(21)8-5-3-4-6-9(8)13(19)22/h3-6,10-11,15H,7H2,1-2H3/t10-,11+,15+,17-,27?/m1/s1. The van der Waals surface area contributed by atoms with Crippen molar-refractivity contribution in [3.05, 3.63) is 35.4 Å². The van der Waals surface area contributed by atoms with Gasteiger partial charge in [0.25, 0.3) is 17.7 Å². The topological polar surface area (TPSA) is 101 Å². The molecule has 1 aromatic rings. The third kappa shape index (κ3) is 2.31. The first-order valence-electron chi connectivity index (χ1n) is 8.13. The van der Waals surface area contributed by atoms with Crippen molar-refractivity contribution in [3.8, 4) is 0 Å². The van der Waals surface area contributed by atoms with Crippen molar-refractivity contribution in [3.63, 3.8) is 0 Å². The van der Waals surface area contributed by atoms with Crippen LogP contribution in [0.4, 0.5) is 0 Å². The summed E-state index contributed by atoms with van der Waals surface area (Å²) in [6.07, 6.45) is 0. The molecule has 3 aliphatic rings. The van der Waals surface area contributed by atoms with Gasteiger partial charge in [-0.3, -0.25) is 23.5 Å². The number of amides is 3. The summed E-state index contributed by atoms with van der Waals surface area (Å²) in [5, 5.41) is -0.990. The van der Waals surface area contributed by atoms with Crippen molar-refractivity contribution in [2.24, 2.45) is 0 Å². The monoisotopic (exact) mass is 410 g/mol. The van der Waals surface area contributed by atoms with Gasteiger partial charge in [-0.1, -0.05) is 12.1 Å². The van der Waals surface area contributed by atoms with E-state index in [9.17, 15) is 23.4 Å². The molecule has 5 atom stereocenters. The summed E-state index contributed by atoms with van der Waals surface area (Å²) in [7, 11) is -0.491. The molecule has 2 fully saturated rings. The van der Waals surface area contributed by atoms with E-state index in [1.165, 1.54) is 26.2 Å². The Morgan fingerprint density at radius 3 is 2.30 bits per heavy atom. The van der Waals surface area contributed by atoms with Gasteiger partial charge in [-0.2, -0.15) is 0 Å². The van der Waals surface area contributed by atoms with Gasteiger partial charge in [-0.25, -0.2) is 4.79 Å². The number of rotatable bonds is 2. The summed E-state index contributed by atoms with van der Waals surface area (Å²) < 4.78 is 17.5. The van der Waals surface area contributed by atoms with Crippen LogP contribution in [0.5, 0.6) is 0 Å². The first-order valence-corrected chi connectivity index (χ1v) is 9.89. The minimum Gasteiger partial charge on any atom is -0.467 e. The third-order valence-corrected chi connectivity index (χ3v) is 7.53. The lowest BCUT2D eigenvalue weighted by Crippen LogP contribution is -2.81. The largest absolute Gasteiger partial charge is 0.467 e. The average molecular weight is 411 g/mol. The number of halogens is 1. The zero-order valence-corrected chi connectivity index (χ0v) is 16.0. The van der Waals surface area contributed by atoms with Gasteiger partial charge in [0, 0.05) is 16.6 Å². The van der Waals surface area contributed by atoms with Gasteiger partial charge in [0.2, 0.25) is 0 Å². The Bertz CT molecular complexity index is 897. The number of carbonyl (C=O) groups excluding carboxylic acids is 4. The molecule has 4 rings (SSSR count). The van der Waals surface area contributed by atoms with Gasteiger partial charge >= 0.3 is 5.97 Å². The normalized spacial score (nSPS) is 34.9. The Balaban J connectivity index is 1.72. The Labute approximate surface area is 161 Å². The van der Waals surface area contributed by atoms with Crippen molar-refractivity contribution in [1.82, 2.24) is 9.80 Å². The van der Waals surface area contributed by atoms with Crippen molar-refractivity contribution in [2.45, 2.75) is 29.3 Å². The molecule has 3 heterocycles. The second-order valence-corrected chi connectivity index (χ2v) is 9.23. The fraction of sp³-hybridized carbons (Fsp3) is 0.412. The molecule has 10 heteroatoms. The first kappa shape index (κ1) is 18.1. The summed E-state index contributed by atoms with van der Waals surface area (Å²) in [4.78, 5) is 51.1. The number of carbonyl (C=O) groups is 4. The second-order valence-electron chi connectivity index (χ2n) is 6.84. The highest BCUT2D eigenvalue weighted by Gasteiger charge is 2.67. The van der Waals surface area contributed by atoms with Crippen LogP contribution >= 0.6 is 11.6 Å². The molecule has 0 aliphatic carbocycles. The Hall–Kier alpha value is -2.26. The number of esters is 1. The number of imide groups is 1. The van der Waals surface area contributed by atoms with E-state index in [1.54, 1.807) is 12.1 Å². The van der Waals surface area contributed by atoms with Gasteiger partial charge in [-0.15, -0.1) is 11.6 Å². The summed E-state index contributed by atoms with van der Waals surface area (Å²) in [5.41, 5.74) is 0.393. The van der Waals surface area contributed by atoms with Gasteiger partial charge in [0.1, 0.15) is 5.37 Å². The first-order chi connectivity index (χ1) is 12.7. The maximum Gasteiger partial charge on any atom is 0.330 e. The van der Waals surface area contributed by atoms with Gasteiger partial charge < -0.3 is 9.64 Å². The van der Waals surface area contributed by atoms with Crippen LogP contribution in [0.1, 0.15) is 27.6 Å². The van der Waals surface area contributed by atoms with Crippen LogP contribution in [-0.2, 0) is 25.1 Å². The number of methoxy groups -OCH3 is 1. The van der Waals surface area contributed by atoms with Crippen LogP contribution in [0, 0.1) is 0 Å². The molecule has 0 aromatic heterocycles. The Morgan fingerprint density at radius 2 is 1.78 bits per heavy atom. The molecule has 27 heavy (non-hydrogen) atoms. The molecule has 0 radical (unpaired) electrons. The van der Waals surface area contributed by atoms with Crippen LogP contribution in [0.25, 0.3) is 0 Å². The van der Waals surface area contributed by atoms with E-state index < -0.39 is 56.8 Å². The van der Waals surface area contributed by atoms with Crippen molar-refractivity contribution in [1.29, 1.82) is 0 Å². The minimum absolute atomic E-state index is 0.0809. The third-order valence-electron chi connectivity index (χ3n) is 5.12. The number of nitrogens with zero attached hydrogens (tertiary/aromatic N) is 2. The van der Waals surface area contributed by atoms with Crippen LogP contribution in [0.2, 0.25) is 0 Å². The number of ether oxygens (including phenoxy) is 1. The summed E-state index contributed by atoms with van der Waals surface area (Å²) in [6, 6.07) is 3.87. The Morgan fingerprint density at radius 1 is 1.22 bits per heavy atom. The molecule has 0 saturated carbocycles. The lowest BCUT2D eigenvalue weighted by atomic mass is 9.93. The second kappa shape index (κ2) is 5.87. The lowest BCUT2D eigenvalue weighted by molar-refractivity contribution is -0.167. The molecule has 0 bridgehead atoms. The number of β-lactam (4-membered cyclic amide) rings is 1. The maximum atomic E-state index is 12.9. The van der Waals surface area contributed by atoms with E-state index in [0.29, 0.717) is 0 Å². The van der Waals surface area contributed by atoms with Gasteiger partial charge in [0.05, 0.1) is 23.1 Å². The van der Waals surface area contributed by atoms with E-state index in [4.69, 9.17) is 16.3 Å². The predicted molar refractivity (Wildman–Crippen MR) is 94.4 cm³/mol. The molecule has 1 aromatic carbocycles. The van der Waals surface area contributed by atoms with Crippen LogP contribution < -0.4 is 0 Å². The van der Waals surface area contributed by atoms with Gasteiger partial charge in [0.15, 0.2) is 12.1 Å². The number of fused-ring (bicyclic) bond motifs is 2. The quantitative estimate of drug-likeness (QED) is 0.297. The smallest absolute Gasteiger partial charge is 0.330 e. The number of alkyl halides is 1. The molecule has 0 N–H and O–H groups in total. The van der Waals surface area contributed by atoms with Crippen molar-refractivity contribution in [2.75, 3.05) is 12.9 Å². The fourth-order valence-corrected chi connectivity index (χ4v) is 6.32. The molecule has 1 unspecified atom stereocenters. The molecular weight excluding hydrogens is 396 g/mol. The summed E-state index contributed by atoms with van der Waals surface area (Å²) >= 11 is 6.37.